The minimum absolute atomic E-state index is 0.184. The molecule has 0 aromatic heterocycles. The molecular formula is C12H16N2O3. The van der Waals surface area contributed by atoms with E-state index in [1.807, 2.05) is 6.07 Å². The van der Waals surface area contributed by atoms with Gasteiger partial charge in [-0.25, -0.2) is 0 Å². The maximum absolute atomic E-state index is 5.99. The van der Waals surface area contributed by atoms with Crippen molar-refractivity contribution >= 4 is 6.08 Å². The number of ether oxygens (including phenoxy) is 3. The molecule has 17 heavy (non-hydrogen) atoms. The molecule has 1 aromatic rings. The van der Waals surface area contributed by atoms with Crippen molar-refractivity contribution in [1.29, 1.82) is 0 Å². The first-order valence-corrected chi connectivity index (χ1v) is 5.31. The molecule has 0 radical (unpaired) electrons. The van der Waals surface area contributed by atoms with Gasteiger partial charge in [-0.2, -0.15) is 0 Å². The third kappa shape index (κ3) is 1.83. The standard InChI is InChI=1S/C12H16N2O3/c1-3-7-4-9-11(17-6-16-9)12(15-2)10(7)8(14)5-13/h3-4,8H,1,5-6,13-14H2,2H3/t8-/m1/s1. The molecule has 1 aromatic carbocycles. The van der Waals surface area contributed by atoms with Crippen molar-refractivity contribution in [3.8, 4) is 17.2 Å². The van der Waals surface area contributed by atoms with E-state index in [0.717, 1.165) is 11.1 Å². The van der Waals surface area contributed by atoms with Gasteiger partial charge < -0.3 is 25.7 Å². The minimum Gasteiger partial charge on any atom is -0.492 e. The van der Waals surface area contributed by atoms with E-state index < -0.39 is 0 Å². The highest BCUT2D eigenvalue weighted by molar-refractivity contribution is 5.68. The lowest BCUT2D eigenvalue weighted by Gasteiger charge is -2.18. The predicted octanol–water partition coefficient (Wildman–Crippen LogP) is 1.03. The van der Waals surface area contributed by atoms with E-state index in [9.17, 15) is 0 Å². The van der Waals surface area contributed by atoms with Gasteiger partial charge in [-0.3, -0.25) is 0 Å². The Labute approximate surface area is 99.9 Å². The van der Waals surface area contributed by atoms with Crippen molar-refractivity contribution < 1.29 is 14.2 Å². The van der Waals surface area contributed by atoms with Gasteiger partial charge in [0.15, 0.2) is 11.5 Å². The van der Waals surface area contributed by atoms with Crippen LogP contribution in [0.5, 0.6) is 17.2 Å². The first-order valence-electron chi connectivity index (χ1n) is 5.31. The summed E-state index contributed by atoms with van der Waals surface area (Å²) in [5, 5.41) is 0. The molecule has 0 unspecified atom stereocenters. The summed E-state index contributed by atoms with van der Waals surface area (Å²) in [6.45, 7) is 4.26. The van der Waals surface area contributed by atoms with Crippen LogP contribution in [0.2, 0.25) is 0 Å². The van der Waals surface area contributed by atoms with Crippen molar-refractivity contribution in [2.24, 2.45) is 11.5 Å². The van der Waals surface area contributed by atoms with Gasteiger partial charge in [-0.15, -0.1) is 0 Å². The third-order valence-electron chi connectivity index (χ3n) is 2.74. The minimum atomic E-state index is -0.326. The fourth-order valence-electron chi connectivity index (χ4n) is 1.92. The summed E-state index contributed by atoms with van der Waals surface area (Å²) in [6.07, 6.45) is 1.70. The highest BCUT2D eigenvalue weighted by Crippen LogP contribution is 2.46. The largest absolute Gasteiger partial charge is 0.492 e. The number of benzene rings is 1. The van der Waals surface area contributed by atoms with Crippen LogP contribution in [-0.2, 0) is 0 Å². The van der Waals surface area contributed by atoms with Crippen LogP contribution in [0.1, 0.15) is 17.2 Å². The zero-order valence-electron chi connectivity index (χ0n) is 9.73. The first kappa shape index (κ1) is 11.8. The second-order valence-electron chi connectivity index (χ2n) is 3.69. The van der Waals surface area contributed by atoms with Crippen LogP contribution in [-0.4, -0.2) is 20.4 Å². The Hall–Kier alpha value is -1.72. The van der Waals surface area contributed by atoms with Crippen molar-refractivity contribution in [2.45, 2.75) is 6.04 Å². The maximum atomic E-state index is 5.99. The predicted molar refractivity (Wildman–Crippen MR) is 65.2 cm³/mol. The molecule has 0 fully saturated rings. The SMILES string of the molecule is C=Cc1cc2c(c(OC)c1[C@H](N)CN)OCO2. The summed E-state index contributed by atoms with van der Waals surface area (Å²) < 4.78 is 16.1. The molecule has 1 aliphatic heterocycles. The molecule has 0 aliphatic carbocycles. The molecule has 1 aliphatic rings. The van der Waals surface area contributed by atoms with Gasteiger partial charge in [0.2, 0.25) is 12.5 Å². The van der Waals surface area contributed by atoms with E-state index >= 15 is 0 Å². The average molecular weight is 236 g/mol. The van der Waals surface area contributed by atoms with Crippen LogP contribution in [0.25, 0.3) is 6.08 Å². The van der Waals surface area contributed by atoms with Crippen LogP contribution < -0.4 is 25.7 Å². The normalized spacial score (nSPS) is 14.5. The number of hydrogen-bond donors (Lipinski definition) is 2. The Kier molecular flexibility index (Phi) is 3.21. The van der Waals surface area contributed by atoms with Crippen LogP contribution in [0.15, 0.2) is 12.6 Å². The van der Waals surface area contributed by atoms with Crippen molar-refractivity contribution in [3.05, 3.63) is 23.8 Å². The lowest BCUT2D eigenvalue weighted by Crippen LogP contribution is -2.22. The summed E-state index contributed by atoms with van der Waals surface area (Å²) >= 11 is 0. The number of rotatable bonds is 4. The highest BCUT2D eigenvalue weighted by Gasteiger charge is 2.26. The maximum Gasteiger partial charge on any atom is 0.231 e. The molecule has 1 heterocycles. The molecular weight excluding hydrogens is 220 g/mol. The Morgan fingerprint density at radius 3 is 2.94 bits per heavy atom. The Morgan fingerprint density at radius 2 is 2.35 bits per heavy atom. The molecule has 0 saturated carbocycles. The average Bonchev–Trinajstić information content (AvgIpc) is 2.83. The summed E-state index contributed by atoms with van der Waals surface area (Å²) in [5.74, 6) is 1.80. The van der Waals surface area contributed by atoms with Gasteiger partial charge >= 0.3 is 0 Å². The van der Waals surface area contributed by atoms with E-state index in [2.05, 4.69) is 6.58 Å². The Balaban J connectivity index is 2.65. The molecule has 4 N–H and O–H groups in total. The second kappa shape index (κ2) is 4.65. The fraction of sp³-hybridized carbons (Fsp3) is 0.333. The summed E-state index contributed by atoms with van der Waals surface area (Å²) in [4.78, 5) is 0. The molecule has 0 spiro atoms. The smallest absolute Gasteiger partial charge is 0.231 e. The monoisotopic (exact) mass is 236 g/mol. The number of hydrogen-bond acceptors (Lipinski definition) is 5. The number of methoxy groups -OCH3 is 1. The molecule has 92 valence electrons. The van der Waals surface area contributed by atoms with E-state index in [-0.39, 0.29) is 12.8 Å². The van der Waals surface area contributed by atoms with Crippen molar-refractivity contribution in [2.75, 3.05) is 20.4 Å². The summed E-state index contributed by atoms with van der Waals surface area (Å²) in [6, 6.07) is 1.51. The van der Waals surface area contributed by atoms with Gasteiger partial charge in [0.1, 0.15) is 0 Å². The van der Waals surface area contributed by atoms with Crippen molar-refractivity contribution in [1.82, 2.24) is 0 Å². The first-order chi connectivity index (χ1) is 8.22. The zero-order chi connectivity index (χ0) is 12.4. The second-order valence-corrected chi connectivity index (χ2v) is 3.69. The molecule has 0 amide bonds. The van der Waals surface area contributed by atoms with Gasteiger partial charge in [0.25, 0.3) is 0 Å². The third-order valence-corrected chi connectivity index (χ3v) is 2.74. The summed E-state index contributed by atoms with van der Waals surface area (Å²) in [5.41, 5.74) is 13.3. The lowest BCUT2D eigenvalue weighted by molar-refractivity contribution is 0.171. The highest BCUT2D eigenvalue weighted by atomic mass is 16.7. The van der Waals surface area contributed by atoms with Gasteiger partial charge in [0, 0.05) is 18.2 Å². The van der Waals surface area contributed by atoms with Gasteiger partial charge in [-0.05, 0) is 11.6 Å². The van der Waals surface area contributed by atoms with Crippen LogP contribution in [0, 0.1) is 0 Å². The molecule has 1 atom stereocenters. The fourth-order valence-corrected chi connectivity index (χ4v) is 1.92. The lowest BCUT2D eigenvalue weighted by atomic mass is 9.98. The van der Waals surface area contributed by atoms with Crippen molar-refractivity contribution in [3.63, 3.8) is 0 Å². The molecule has 0 bridgehead atoms. The molecule has 5 nitrogen and oxygen atoms in total. The van der Waals surface area contributed by atoms with E-state index in [0.29, 0.717) is 23.8 Å². The number of nitrogens with two attached hydrogens (primary N) is 2. The van der Waals surface area contributed by atoms with Crippen LogP contribution in [0.4, 0.5) is 0 Å². The summed E-state index contributed by atoms with van der Waals surface area (Å²) in [7, 11) is 1.57. The molecule has 0 saturated heterocycles. The van der Waals surface area contributed by atoms with E-state index in [1.165, 1.54) is 0 Å². The van der Waals surface area contributed by atoms with E-state index in [1.54, 1.807) is 13.2 Å². The van der Waals surface area contributed by atoms with Gasteiger partial charge in [0.05, 0.1) is 7.11 Å². The topological polar surface area (TPSA) is 79.7 Å². The molecule has 5 heteroatoms. The van der Waals surface area contributed by atoms with Crippen LogP contribution in [0.3, 0.4) is 0 Å². The number of fused-ring (bicyclic) bond motifs is 1. The zero-order valence-corrected chi connectivity index (χ0v) is 9.73. The molecule has 2 rings (SSSR count). The quantitative estimate of drug-likeness (QED) is 0.816. The van der Waals surface area contributed by atoms with Gasteiger partial charge in [-0.1, -0.05) is 12.7 Å². The van der Waals surface area contributed by atoms with E-state index in [4.69, 9.17) is 25.7 Å². The Bertz CT molecular complexity index is 446. The van der Waals surface area contributed by atoms with Crippen LogP contribution >= 0.6 is 0 Å². The Morgan fingerprint density at radius 1 is 1.59 bits per heavy atom.